The zero-order chi connectivity index (χ0) is 20.0. The third kappa shape index (κ3) is 6.78. The van der Waals surface area contributed by atoms with Crippen LogP contribution in [0, 0.1) is 5.41 Å². The summed E-state index contributed by atoms with van der Waals surface area (Å²) in [5, 5.41) is 2.90. The second-order valence-electron chi connectivity index (χ2n) is 9.01. The highest BCUT2D eigenvalue weighted by atomic mass is 28.4. The van der Waals surface area contributed by atoms with Crippen LogP contribution in [-0.2, 0) is 9.16 Å². The van der Waals surface area contributed by atoms with Gasteiger partial charge in [-0.15, -0.1) is 0 Å². The van der Waals surface area contributed by atoms with Crippen molar-refractivity contribution in [2.75, 3.05) is 7.11 Å². The summed E-state index contributed by atoms with van der Waals surface area (Å²) >= 11 is 0. The molecule has 25 heavy (non-hydrogen) atoms. The molecular formula is C20H41NO3Si. The highest BCUT2D eigenvalue weighted by Gasteiger charge is 2.45. The molecule has 1 N–H and O–H groups in total. The lowest BCUT2D eigenvalue weighted by Crippen LogP contribution is -2.49. The van der Waals surface area contributed by atoms with E-state index in [4.69, 9.17) is 9.16 Å². The van der Waals surface area contributed by atoms with Crippen molar-refractivity contribution in [1.82, 2.24) is 5.32 Å². The Kier molecular flexibility index (Phi) is 9.45. The molecule has 0 rings (SSSR count). The van der Waals surface area contributed by atoms with Crippen molar-refractivity contribution in [2.24, 2.45) is 5.41 Å². The zero-order valence-corrected chi connectivity index (χ0v) is 19.3. The van der Waals surface area contributed by atoms with E-state index in [1.807, 2.05) is 6.08 Å². The smallest absolute Gasteiger partial charge is 0.407 e. The van der Waals surface area contributed by atoms with Crippen LogP contribution in [0.4, 0.5) is 4.79 Å². The van der Waals surface area contributed by atoms with Gasteiger partial charge in [-0.2, -0.15) is 0 Å². The lowest BCUT2D eigenvalue weighted by atomic mass is 9.86. The highest BCUT2D eigenvalue weighted by molar-refractivity contribution is 6.77. The van der Waals surface area contributed by atoms with E-state index < -0.39 is 14.4 Å². The monoisotopic (exact) mass is 371 g/mol. The van der Waals surface area contributed by atoms with Gasteiger partial charge in [0, 0.05) is 0 Å². The van der Waals surface area contributed by atoms with Crippen LogP contribution in [0.15, 0.2) is 12.2 Å². The van der Waals surface area contributed by atoms with Crippen molar-refractivity contribution in [3.05, 3.63) is 12.2 Å². The van der Waals surface area contributed by atoms with Crippen LogP contribution in [0.5, 0.6) is 0 Å². The summed E-state index contributed by atoms with van der Waals surface area (Å²) < 4.78 is 11.5. The molecule has 0 saturated heterocycles. The number of amides is 1. The van der Waals surface area contributed by atoms with Gasteiger partial charge in [0.25, 0.3) is 0 Å². The van der Waals surface area contributed by atoms with Gasteiger partial charge >= 0.3 is 6.09 Å². The molecule has 0 aromatic carbocycles. The summed E-state index contributed by atoms with van der Waals surface area (Å²) in [5.41, 5.74) is 1.55. The molecule has 0 aromatic rings. The number of methoxy groups -OCH3 is 1. The lowest BCUT2D eigenvalue weighted by Gasteiger charge is -2.43. The van der Waals surface area contributed by atoms with Gasteiger partial charge in [-0.1, -0.05) is 74.5 Å². The van der Waals surface area contributed by atoms with E-state index in [1.165, 1.54) is 7.11 Å². The molecule has 0 aliphatic carbocycles. The first kappa shape index (κ1) is 24.2. The molecule has 4 nitrogen and oxygen atoms in total. The van der Waals surface area contributed by atoms with Crippen molar-refractivity contribution >= 4 is 14.4 Å². The third-order valence-electron chi connectivity index (χ3n) is 5.06. The van der Waals surface area contributed by atoms with Gasteiger partial charge in [0.1, 0.15) is 0 Å². The standard InChI is InChI=1S/C20H41NO3Si/c1-14(2)25(15(3)4,16(5)6)24-17(7)12-13-18(20(8,9)10)21-19(22)23-11/h12-18H,1-11H3,(H,21,22)/b13-12+/t17-,18?/m0/s1. The fourth-order valence-electron chi connectivity index (χ4n) is 3.78. The normalized spacial score (nSPS) is 15.9. The number of carbonyl (C=O) groups excluding carboxylic acids is 1. The van der Waals surface area contributed by atoms with E-state index >= 15 is 0 Å². The molecule has 0 aromatic heterocycles. The Morgan fingerprint density at radius 3 is 1.68 bits per heavy atom. The molecule has 5 heteroatoms. The maximum atomic E-state index is 11.6. The number of ether oxygens (including phenoxy) is 1. The largest absolute Gasteiger partial charge is 0.453 e. The quantitative estimate of drug-likeness (QED) is 0.427. The van der Waals surface area contributed by atoms with Gasteiger partial charge in [0.2, 0.25) is 8.32 Å². The lowest BCUT2D eigenvalue weighted by molar-refractivity contribution is 0.159. The van der Waals surface area contributed by atoms with Crippen LogP contribution in [0.2, 0.25) is 16.6 Å². The molecule has 0 aliphatic rings. The molecule has 0 heterocycles. The predicted molar refractivity (Wildman–Crippen MR) is 110 cm³/mol. The minimum atomic E-state index is -1.91. The van der Waals surface area contributed by atoms with Gasteiger partial charge < -0.3 is 14.5 Å². The summed E-state index contributed by atoms with van der Waals surface area (Å²) in [4.78, 5) is 11.6. The minimum Gasteiger partial charge on any atom is -0.453 e. The fraction of sp³-hybridized carbons (Fsp3) is 0.850. The van der Waals surface area contributed by atoms with Crippen LogP contribution in [0.25, 0.3) is 0 Å². The second kappa shape index (κ2) is 9.77. The first-order valence-corrected chi connectivity index (χ1v) is 11.6. The molecule has 0 bridgehead atoms. The minimum absolute atomic E-state index is 0.0168. The van der Waals surface area contributed by atoms with Gasteiger partial charge in [-0.25, -0.2) is 4.79 Å². The van der Waals surface area contributed by atoms with Crippen LogP contribution >= 0.6 is 0 Å². The average molecular weight is 372 g/mol. The second-order valence-corrected chi connectivity index (χ2v) is 14.4. The van der Waals surface area contributed by atoms with E-state index in [0.717, 1.165) is 0 Å². The third-order valence-corrected chi connectivity index (χ3v) is 11.3. The van der Waals surface area contributed by atoms with Crippen LogP contribution in [-0.4, -0.2) is 33.7 Å². The van der Waals surface area contributed by atoms with E-state index in [-0.39, 0.29) is 17.6 Å². The van der Waals surface area contributed by atoms with Crippen molar-refractivity contribution < 1.29 is 14.0 Å². The Bertz CT molecular complexity index is 417. The van der Waals surface area contributed by atoms with Gasteiger partial charge in [0.05, 0.1) is 19.3 Å². The fourth-order valence-corrected chi connectivity index (χ4v) is 9.32. The molecule has 0 radical (unpaired) electrons. The average Bonchev–Trinajstić information content (AvgIpc) is 2.46. The number of nitrogens with one attached hydrogen (secondary N) is 1. The van der Waals surface area contributed by atoms with Gasteiger partial charge in [-0.3, -0.25) is 0 Å². The summed E-state index contributed by atoms with van der Waals surface area (Å²) in [5.74, 6) is 0. The summed E-state index contributed by atoms with van der Waals surface area (Å²) in [6.45, 7) is 22.1. The van der Waals surface area contributed by atoms with E-state index in [1.54, 1.807) is 0 Å². The summed E-state index contributed by atoms with van der Waals surface area (Å²) in [7, 11) is -0.523. The maximum Gasteiger partial charge on any atom is 0.407 e. The number of hydrogen-bond acceptors (Lipinski definition) is 3. The Balaban J connectivity index is 5.34. The van der Waals surface area contributed by atoms with Gasteiger partial charge in [-0.05, 0) is 29.0 Å². The van der Waals surface area contributed by atoms with Crippen molar-refractivity contribution in [1.29, 1.82) is 0 Å². The number of hydrogen-bond donors (Lipinski definition) is 1. The Labute approximate surface area is 156 Å². The molecule has 0 fully saturated rings. The van der Waals surface area contributed by atoms with Crippen molar-refractivity contribution in [3.8, 4) is 0 Å². The molecule has 148 valence electrons. The number of carbonyl (C=O) groups is 1. The topological polar surface area (TPSA) is 47.6 Å². The Morgan fingerprint density at radius 1 is 0.920 bits per heavy atom. The molecular weight excluding hydrogens is 330 g/mol. The first-order chi connectivity index (χ1) is 11.3. The first-order valence-electron chi connectivity index (χ1n) is 9.49. The highest BCUT2D eigenvalue weighted by Crippen LogP contribution is 2.43. The molecule has 1 unspecified atom stereocenters. The summed E-state index contributed by atoms with van der Waals surface area (Å²) in [6, 6.07) is -0.112. The molecule has 0 saturated carbocycles. The number of rotatable bonds is 8. The van der Waals surface area contributed by atoms with Crippen LogP contribution in [0.1, 0.15) is 69.2 Å². The number of alkyl carbamates (subject to hydrolysis) is 1. The van der Waals surface area contributed by atoms with E-state index in [9.17, 15) is 4.79 Å². The zero-order valence-electron chi connectivity index (χ0n) is 18.3. The Morgan fingerprint density at radius 2 is 1.36 bits per heavy atom. The predicted octanol–water partition coefficient (Wildman–Crippen LogP) is 5.89. The Hall–Kier alpha value is -0.813. The summed E-state index contributed by atoms with van der Waals surface area (Å²) in [6.07, 6.45) is 3.74. The molecule has 1 amide bonds. The van der Waals surface area contributed by atoms with E-state index in [0.29, 0.717) is 16.6 Å². The van der Waals surface area contributed by atoms with Crippen LogP contribution < -0.4 is 5.32 Å². The van der Waals surface area contributed by atoms with Crippen molar-refractivity contribution in [3.63, 3.8) is 0 Å². The van der Waals surface area contributed by atoms with Crippen molar-refractivity contribution in [2.45, 2.75) is 98.0 Å². The maximum absolute atomic E-state index is 11.6. The molecule has 0 aliphatic heterocycles. The SMILES string of the molecule is COC(=O)NC(/C=C/[C@H](C)O[Si](C(C)C)(C(C)C)C(C)C)C(C)(C)C. The van der Waals surface area contributed by atoms with E-state index in [2.05, 4.69) is 80.6 Å². The molecule has 2 atom stereocenters. The molecule has 0 spiro atoms. The van der Waals surface area contributed by atoms with Crippen LogP contribution in [0.3, 0.4) is 0 Å². The van der Waals surface area contributed by atoms with Gasteiger partial charge in [0.15, 0.2) is 0 Å².